The van der Waals surface area contributed by atoms with Gasteiger partial charge in [-0.1, -0.05) is 77.3 Å². The number of benzene rings is 3. The topological polar surface area (TPSA) is 96.0 Å². The van der Waals surface area contributed by atoms with Crippen molar-refractivity contribution in [2.75, 3.05) is 24.2 Å². The lowest BCUT2D eigenvalue weighted by Crippen LogP contribution is -2.54. The lowest BCUT2D eigenvalue weighted by molar-refractivity contribution is -0.140. The minimum atomic E-state index is -3.90. The van der Waals surface area contributed by atoms with Crippen LogP contribution in [0, 0.1) is 6.92 Å². The molecule has 0 spiro atoms. The van der Waals surface area contributed by atoms with E-state index in [2.05, 4.69) is 21.2 Å². The Balaban J connectivity index is 1.76. The molecular formula is C32H38BrN3O5S. The molecule has 1 aliphatic rings. The first kappa shape index (κ1) is 31.6. The molecule has 4 rings (SSSR count). The molecule has 0 aliphatic heterocycles. The second kappa shape index (κ2) is 14.2. The Kier molecular flexibility index (Phi) is 10.7. The number of aryl methyl sites for hydroxylation is 1. The van der Waals surface area contributed by atoms with Gasteiger partial charge < -0.3 is 15.0 Å². The quantitative estimate of drug-likeness (QED) is 0.288. The fraction of sp³-hybridized carbons (Fsp3) is 0.375. The number of rotatable bonds is 12. The molecule has 0 radical (unpaired) electrons. The summed E-state index contributed by atoms with van der Waals surface area (Å²) in [6.07, 6.45) is 5.25. The molecule has 42 heavy (non-hydrogen) atoms. The smallest absolute Gasteiger partial charge is 0.244 e. The van der Waals surface area contributed by atoms with Crippen molar-refractivity contribution in [3.63, 3.8) is 0 Å². The van der Waals surface area contributed by atoms with E-state index < -0.39 is 28.5 Å². The van der Waals surface area contributed by atoms with Crippen LogP contribution in [-0.4, -0.2) is 57.1 Å². The van der Waals surface area contributed by atoms with Gasteiger partial charge in [-0.05, 0) is 60.7 Å². The summed E-state index contributed by atoms with van der Waals surface area (Å²) in [5.41, 5.74) is 2.79. The highest BCUT2D eigenvalue weighted by Gasteiger charge is 2.34. The average Bonchev–Trinajstić information content (AvgIpc) is 3.46. The average molecular weight is 657 g/mol. The maximum atomic E-state index is 14.3. The molecule has 0 heterocycles. The van der Waals surface area contributed by atoms with Crippen LogP contribution in [0.25, 0.3) is 0 Å². The van der Waals surface area contributed by atoms with Crippen LogP contribution in [0.5, 0.6) is 5.75 Å². The molecule has 3 aromatic carbocycles. The molecule has 224 valence electrons. The minimum absolute atomic E-state index is 0.0580. The largest absolute Gasteiger partial charge is 0.495 e. The lowest BCUT2D eigenvalue weighted by atomic mass is 10.0. The number of nitrogens with one attached hydrogen (secondary N) is 1. The number of halogens is 1. The van der Waals surface area contributed by atoms with Crippen LogP contribution in [0.2, 0.25) is 0 Å². The van der Waals surface area contributed by atoms with Crippen LogP contribution in [-0.2, 0) is 32.6 Å². The van der Waals surface area contributed by atoms with Gasteiger partial charge in [0.15, 0.2) is 0 Å². The Labute approximate surface area is 257 Å². The molecule has 3 aromatic rings. The number of hydrogen-bond acceptors (Lipinski definition) is 5. The van der Waals surface area contributed by atoms with Crippen LogP contribution in [0.3, 0.4) is 0 Å². The van der Waals surface area contributed by atoms with Crippen molar-refractivity contribution in [2.45, 2.75) is 57.7 Å². The standard InChI is InChI=1S/C32H38BrN3O5S/c1-23-16-17-30(41-2)28(18-23)36(42(3,39)40)22-31(37)35(21-25-12-9-13-26(33)19-25)29(20-24-10-5-4-6-11-24)32(38)34-27-14-7-8-15-27/h4-6,9-13,16-19,27,29H,7-8,14-15,20-22H2,1-3H3,(H,34,38)/t29-/m1/s1. The first-order valence-electron chi connectivity index (χ1n) is 14.1. The molecule has 1 fully saturated rings. The van der Waals surface area contributed by atoms with E-state index in [4.69, 9.17) is 4.74 Å². The van der Waals surface area contributed by atoms with Crippen molar-refractivity contribution in [2.24, 2.45) is 0 Å². The van der Waals surface area contributed by atoms with E-state index in [0.717, 1.165) is 57.4 Å². The normalized spacial score (nSPS) is 14.3. The summed E-state index contributed by atoms with van der Waals surface area (Å²) in [5, 5.41) is 3.18. The van der Waals surface area contributed by atoms with Gasteiger partial charge in [-0.15, -0.1) is 0 Å². The van der Waals surface area contributed by atoms with E-state index in [1.807, 2.05) is 67.6 Å². The second-order valence-corrected chi connectivity index (χ2v) is 13.6. The molecule has 0 saturated heterocycles. The van der Waals surface area contributed by atoms with E-state index in [9.17, 15) is 18.0 Å². The third-order valence-corrected chi connectivity index (χ3v) is 9.12. The molecule has 0 aromatic heterocycles. The Morgan fingerprint density at radius 2 is 1.69 bits per heavy atom. The van der Waals surface area contributed by atoms with Crippen LogP contribution in [0.15, 0.2) is 77.3 Å². The van der Waals surface area contributed by atoms with Crippen molar-refractivity contribution < 1.29 is 22.7 Å². The van der Waals surface area contributed by atoms with E-state index in [-0.39, 0.29) is 30.6 Å². The van der Waals surface area contributed by atoms with Gasteiger partial charge in [0.05, 0.1) is 19.1 Å². The molecule has 1 aliphatic carbocycles. The maximum Gasteiger partial charge on any atom is 0.244 e. The van der Waals surface area contributed by atoms with E-state index >= 15 is 0 Å². The first-order chi connectivity index (χ1) is 20.0. The number of sulfonamides is 1. The third-order valence-electron chi connectivity index (χ3n) is 7.50. The molecule has 1 N–H and O–H groups in total. The Hall–Kier alpha value is -3.37. The highest BCUT2D eigenvalue weighted by Crippen LogP contribution is 2.31. The van der Waals surface area contributed by atoms with Crippen molar-refractivity contribution in [1.82, 2.24) is 10.2 Å². The third kappa shape index (κ3) is 8.35. The van der Waals surface area contributed by atoms with Gasteiger partial charge in [0.1, 0.15) is 18.3 Å². The Morgan fingerprint density at radius 3 is 2.33 bits per heavy atom. The molecule has 10 heteroatoms. The van der Waals surface area contributed by atoms with Crippen LogP contribution in [0.4, 0.5) is 5.69 Å². The van der Waals surface area contributed by atoms with Crippen molar-refractivity contribution in [3.8, 4) is 5.75 Å². The van der Waals surface area contributed by atoms with Crippen molar-refractivity contribution >= 4 is 43.5 Å². The molecule has 0 bridgehead atoms. The number of methoxy groups -OCH3 is 1. The number of carbonyl (C=O) groups is 2. The summed E-state index contributed by atoms with van der Waals surface area (Å²) < 4.78 is 33.6. The van der Waals surface area contributed by atoms with E-state index in [0.29, 0.717) is 5.75 Å². The SMILES string of the molecule is COc1ccc(C)cc1N(CC(=O)N(Cc1cccc(Br)c1)[C@H](Cc1ccccc1)C(=O)NC1CCCC1)S(C)(=O)=O. The van der Waals surface area contributed by atoms with Crippen molar-refractivity contribution in [3.05, 3.63) is 94.0 Å². The van der Waals surface area contributed by atoms with E-state index in [1.165, 1.54) is 12.0 Å². The number of anilines is 1. The summed E-state index contributed by atoms with van der Waals surface area (Å²) in [6, 6.07) is 21.5. The highest BCUT2D eigenvalue weighted by molar-refractivity contribution is 9.10. The summed E-state index contributed by atoms with van der Waals surface area (Å²) in [5.74, 6) is -0.406. The zero-order valence-electron chi connectivity index (χ0n) is 24.3. The predicted octanol–water partition coefficient (Wildman–Crippen LogP) is 5.23. The fourth-order valence-electron chi connectivity index (χ4n) is 5.34. The van der Waals surface area contributed by atoms with E-state index in [1.54, 1.807) is 12.1 Å². The zero-order chi connectivity index (χ0) is 30.3. The Bertz CT molecular complexity index is 1490. The Morgan fingerprint density at radius 1 is 1.00 bits per heavy atom. The highest BCUT2D eigenvalue weighted by atomic mass is 79.9. The van der Waals surface area contributed by atoms with Gasteiger partial charge >= 0.3 is 0 Å². The number of ether oxygens (including phenoxy) is 1. The van der Waals surface area contributed by atoms with Gasteiger partial charge in [-0.2, -0.15) is 0 Å². The summed E-state index contributed by atoms with van der Waals surface area (Å²) in [6.45, 7) is 1.47. The summed E-state index contributed by atoms with van der Waals surface area (Å²) >= 11 is 3.50. The first-order valence-corrected chi connectivity index (χ1v) is 16.7. The monoisotopic (exact) mass is 655 g/mol. The molecule has 0 unspecified atom stereocenters. The van der Waals surface area contributed by atoms with Crippen LogP contribution < -0.4 is 14.4 Å². The van der Waals surface area contributed by atoms with Gasteiger partial charge in [-0.25, -0.2) is 8.42 Å². The van der Waals surface area contributed by atoms with Crippen LogP contribution in [0.1, 0.15) is 42.4 Å². The minimum Gasteiger partial charge on any atom is -0.495 e. The fourth-order valence-corrected chi connectivity index (χ4v) is 6.63. The lowest BCUT2D eigenvalue weighted by Gasteiger charge is -2.34. The van der Waals surface area contributed by atoms with Gasteiger partial charge in [0.2, 0.25) is 21.8 Å². The van der Waals surface area contributed by atoms with Gasteiger partial charge in [0.25, 0.3) is 0 Å². The molecule has 1 atom stereocenters. The zero-order valence-corrected chi connectivity index (χ0v) is 26.7. The maximum absolute atomic E-state index is 14.3. The summed E-state index contributed by atoms with van der Waals surface area (Å²) in [4.78, 5) is 29.8. The van der Waals surface area contributed by atoms with Gasteiger partial charge in [-0.3, -0.25) is 13.9 Å². The van der Waals surface area contributed by atoms with Crippen LogP contribution >= 0.6 is 15.9 Å². The molecule has 8 nitrogen and oxygen atoms in total. The predicted molar refractivity (Wildman–Crippen MR) is 169 cm³/mol. The molecule has 2 amide bonds. The summed E-state index contributed by atoms with van der Waals surface area (Å²) in [7, 11) is -2.44. The molecular weight excluding hydrogens is 618 g/mol. The number of carbonyl (C=O) groups excluding carboxylic acids is 2. The van der Waals surface area contributed by atoms with Crippen molar-refractivity contribution in [1.29, 1.82) is 0 Å². The van der Waals surface area contributed by atoms with Gasteiger partial charge in [0, 0.05) is 23.5 Å². The number of hydrogen-bond donors (Lipinski definition) is 1. The number of nitrogens with zero attached hydrogens (tertiary/aromatic N) is 2. The number of amides is 2. The molecule has 1 saturated carbocycles. The second-order valence-electron chi connectivity index (χ2n) is 10.8.